The number of amides is 2. The standard InChI is InChI=1S/C12H15F3N2O3S/c1-21(19)7-6-16-11(18)17-9-2-4-10(5-3-9)20-8-12(13,14)15/h2-5H,6-8H2,1H3,(H2,16,17,18)/t21-/m0/s1. The van der Waals surface area contributed by atoms with E-state index in [4.69, 9.17) is 0 Å². The highest BCUT2D eigenvalue weighted by Gasteiger charge is 2.28. The van der Waals surface area contributed by atoms with Crippen LogP contribution >= 0.6 is 0 Å². The predicted molar refractivity (Wildman–Crippen MR) is 73.9 cm³/mol. The van der Waals surface area contributed by atoms with Gasteiger partial charge in [0.25, 0.3) is 0 Å². The molecule has 2 amide bonds. The maximum absolute atomic E-state index is 12.0. The Kier molecular flexibility index (Phi) is 6.47. The van der Waals surface area contributed by atoms with Gasteiger partial charge in [-0.05, 0) is 24.3 Å². The molecule has 0 bridgehead atoms. The second-order valence-corrected chi connectivity index (χ2v) is 5.64. The average molecular weight is 324 g/mol. The van der Waals surface area contributed by atoms with Crippen molar-refractivity contribution in [3.8, 4) is 5.75 Å². The van der Waals surface area contributed by atoms with Crippen molar-refractivity contribution in [1.29, 1.82) is 0 Å². The Balaban J connectivity index is 2.40. The van der Waals surface area contributed by atoms with Crippen molar-refractivity contribution < 1.29 is 26.9 Å². The third-order valence-corrected chi connectivity index (χ3v) is 2.97. The molecular formula is C12H15F3N2O3S. The largest absolute Gasteiger partial charge is 0.484 e. The van der Waals surface area contributed by atoms with Crippen molar-refractivity contribution in [2.45, 2.75) is 6.18 Å². The summed E-state index contributed by atoms with van der Waals surface area (Å²) in [5, 5.41) is 4.99. The molecule has 1 aromatic carbocycles. The van der Waals surface area contributed by atoms with Gasteiger partial charge in [-0.1, -0.05) is 0 Å². The quantitative estimate of drug-likeness (QED) is 0.842. The predicted octanol–water partition coefficient (Wildman–Crippen LogP) is 2.13. The number of benzene rings is 1. The molecular weight excluding hydrogens is 309 g/mol. The SMILES string of the molecule is C[S@](=O)CCNC(=O)Nc1ccc(OCC(F)(F)F)cc1. The zero-order valence-corrected chi connectivity index (χ0v) is 12.0. The molecule has 0 fully saturated rings. The molecule has 5 nitrogen and oxygen atoms in total. The Morgan fingerprint density at radius 3 is 2.43 bits per heavy atom. The molecule has 0 aliphatic heterocycles. The van der Waals surface area contributed by atoms with E-state index in [-0.39, 0.29) is 12.3 Å². The van der Waals surface area contributed by atoms with Crippen molar-refractivity contribution >= 4 is 22.5 Å². The van der Waals surface area contributed by atoms with Gasteiger partial charge in [-0.25, -0.2) is 4.79 Å². The second kappa shape index (κ2) is 7.87. The zero-order valence-electron chi connectivity index (χ0n) is 11.2. The topological polar surface area (TPSA) is 67.4 Å². The van der Waals surface area contributed by atoms with Crippen LogP contribution in [0.1, 0.15) is 0 Å². The van der Waals surface area contributed by atoms with Crippen molar-refractivity contribution in [2.75, 3.05) is 30.5 Å². The number of rotatable bonds is 6. The maximum Gasteiger partial charge on any atom is 0.422 e. The van der Waals surface area contributed by atoms with E-state index in [9.17, 15) is 22.2 Å². The van der Waals surface area contributed by atoms with Crippen molar-refractivity contribution in [3.05, 3.63) is 24.3 Å². The van der Waals surface area contributed by atoms with Gasteiger partial charge in [0.1, 0.15) is 5.75 Å². The first-order valence-electron chi connectivity index (χ1n) is 5.91. The summed E-state index contributed by atoms with van der Waals surface area (Å²) >= 11 is 0. The van der Waals surface area contributed by atoms with Gasteiger partial charge >= 0.3 is 12.2 Å². The molecule has 0 heterocycles. The van der Waals surface area contributed by atoms with Crippen molar-refractivity contribution in [1.82, 2.24) is 5.32 Å². The van der Waals surface area contributed by atoms with Gasteiger partial charge in [0.2, 0.25) is 0 Å². The van der Waals surface area contributed by atoms with Crippen LogP contribution in [0.4, 0.5) is 23.7 Å². The minimum absolute atomic E-state index is 0.0552. The highest BCUT2D eigenvalue weighted by atomic mass is 32.2. The first-order valence-corrected chi connectivity index (χ1v) is 7.63. The Bertz CT molecular complexity index is 492. The van der Waals surface area contributed by atoms with Crippen LogP contribution in [0.5, 0.6) is 5.75 Å². The molecule has 0 radical (unpaired) electrons. The summed E-state index contributed by atoms with van der Waals surface area (Å²) in [6.45, 7) is -1.10. The summed E-state index contributed by atoms with van der Waals surface area (Å²) in [7, 11) is -0.992. The minimum atomic E-state index is -4.39. The summed E-state index contributed by atoms with van der Waals surface area (Å²) in [6, 6.07) is 5.00. The van der Waals surface area contributed by atoms with Crippen LogP contribution in [0.3, 0.4) is 0 Å². The Labute approximate surface area is 122 Å². The summed E-state index contributed by atoms with van der Waals surface area (Å²) in [5.41, 5.74) is 0.407. The van der Waals surface area contributed by atoms with Crippen LogP contribution in [0.2, 0.25) is 0 Å². The van der Waals surface area contributed by atoms with Crippen LogP contribution in [0, 0.1) is 0 Å². The zero-order chi connectivity index (χ0) is 15.9. The molecule has 9 heteroatoms. The minimum Gasteiger partial charge on any atom is -0.484 e. The number of carbonyl (C=O) groups is 1. The van der Waals surface area contributed by atoms with E-state index in [1.54, 1.807) is 0 Å². The number of halogens is 3. The smallest absolute Gasteiger partial charge is 0.422 e. The summed E-state index contributed by atoms with van der Waals surface area (Å²) in [4.78, 5) is 11.4. The van der Waals surface area contributed by atoms with Gasteiger partial charge < -0.3 is 15.4 Å². The molecule has 0 aliphatic carbocycles. The highest BCUT2D eigenvalue weighted by Crippen LogP contribution is 2.20. The molecule has 0 aliphatic rings. The number of carbonyl (C=O) groups excluding carboxylic acids is 1. The number of hydrogen-bond acceptors (Lipinski definition) is 3. The Hall–Kier alpha value is -1.77. The first kappa shape index (κ1) is 17.3. The fourth-order valence-corrected chi connectivity index (χ4v) is 1.67. The fraction of sp³-hybridized carbons (Fsp3) is 0.417. The van der Waals surface area contributed by atoms with Gasteiger partial charge in [0.15, 0.2) is 6.61 Å². The molecule has 0 saturated heterocycles. The van der Waals surface area contributed by atoms with Crippen LogP contribution in [0.25, 0.3) is 0 Å². The van der Waals surface area contributed by atoms with Crippen LogP contribution in [-0.2, 0) is 10.8 Å². The molecule has 1 aromatic rings. The number of hydrogen-bond donors (Lipinski definition) is 2. The third-order valence-electron chi connectivity index (χ3n) is 2.19. The van der Waals surface area contributed by atoms with E-state index < -0.39 is 29.6 Å². The maximum atomic E-state index is 12.0. The van der Waals surface area contributed by atoms with Gasteiger partial charge in [-0.15, -0.1) is 0 Å². The normalized spacial score (nSPS) is 12.6. The molecule has 0 unspecified atom stereocenters. The Morgan fingerprint density at radius 1 is 1.29 bits per heavy atom. The molecule has 118 valence electrons. The summed E-state index contributed by atoms with van der Waals surface area (Å²) < 4.78 is 51.2. The summed E-state index contributed by atoms with van der Waals surface area (Å²) in [6.07, 6.45) is -2.87. The fourth-order valence-electron chi connectivity index (χ4n) is 1.28. The molecule has 0 aromatic heterocycles. The van der Waals surface area contributed by atoms with Crippen molar-refractivity contribution in [2.24, 2.45) is 0 Å². The molecule has 0 spiro atoms. The molecule has 21 heavy (non-hydrogen) atoms. The molecule has 1 rings (SSSR count). The van der Waals surface area contributed by atoms with E-state index in [1.165, 1.54) is 30.5 Å². The van der Waals surface area contributed by atoms with E-state index >= 15 is 0 Å². The average Bonchev–Trinajstić information content (AvgIpc) is 2.36. The lowest BCUT2D eigenvalue weighted by atomic mass is 10.3. The lowest BCUT2D eigenvalue weighted by molar-refractivity contribution is -0.153. The lowest BCUT2D eigenvalue weighted by Crippen LogP contribution is -2.31. The van der Waals surface area contributed by atoms with E-state index in [0.717, 1.165) is 0 Å². The lowest BCUT2D eigenvalue weighted by Gasteiger charge is -2.10. The molecule has 0 saturated carbocycles. The van der Waals surface area contributed by atoms with Crippen LogP contribution in [-0.4, -0.2) is 41.6 Å². The van der Waals surface area contributed by atoms with E-state index in [1.807, 2.05) is 0 Å². The van der Waals surface area contributed by atoms with Gasteiger partial charge in [-0.3, -0.25) is 4.21 Å². The first-order chi connectivity index (χ1) is 9.76. The van der Waals surface area contributed by atoms with Gasteiger partial charge in [-0.2, -0.15) is 13.2 Å². The van der Waals surface area contributed by atoms with Gasteiger partial charge in [0.05, 0.1) is 0 Å². The van der Waals surface area contributed by atoms with E-state index in [0.29, 0.717) is 11.4 Å². The number of alkyl halides is 3. The monoisotopic (exact) mass is 324 g/mol. The van der Waals surface area contributed by atoms with Crippen LogP contribution < -0.4 is 15.4 Å². The Morgan fingerprint density at radius 2 is 1.90 bits per heavy atom. The number of anilines is 1. The van der Waals surface area contributed by atoms with E-state index in [2.05, 4.69) is 15.4 Å². The van der Waals surface area contributed by atoms with Crippen molar-refractivity contribution in [3.63, 3.8) is 0 Å². The molecule has 1 atom stereocenters. The second-order valence-electron chi connectivity index (χ2n) is 4.09. The highest BCUT2D eigenvalue weighted by molar-refractivity contribution is 7.84. The summed E-state index contributed by atoms with van der Waals surface area (Å²) in [5.74, 6) is 0.400. The number of ether oxygens (including phenoxy) is 1. The third kappa shape index (κ3) is 8.18. The van der Waals surface area contributed by atoms with Crippen LogP contribution in [0.15, 0.2) is 24.3 Å². The number of urea groups is 1. The molecule has 2 N–H and O–H groups in total. The van der Waals surface area contributed by atoms with Gasteiger partial charge in [0, 0.05) is 35.0 Å². The number of nitrogens with one attached hydrogen (secondary N) is 2.